The van der Waals surface area contributed by atoms with Crippen LogP contribution in [0.25, 0.3) is 11.0 Å². The van der Waals surface area contributed by atoms with Crippen LogP contribution < -0.4 is 0 Å². The van der Waals surface area contributed by atoms with Crippen molar-refractivity contribution in [2.75, 3.05) is 0 Å². The number of fused-ring (bicyclic) bond motifs is 1. The summed E-state index contributed by atoms with van der Waals surface area (Å²) in [6.07, 6.45) is 0. The van der Waals surface area contributed by atoms with E-state index >= 15 is 0 Å². The average molecular weight is 329 g/mol. The number of imidazole rings is 1. The summed E-state index contributed by atoms with van der Waals surface area (Å²) in [6, 6.07) is 5.00. The van der Waals surface area contributed by atoms with Gasteiger partial charge in [0.25, 0.3) is 0 Å². The van der Waals surface area contributed by atoms with E-state index in [1.165, 1.54) is 6.07 Å². The van der Waals surface area contributed by atoms with E-state index in [0.29, 0.717) is 12.1 Å². The number of nitrogens with zero attached hydrogens (tertiary/aromatic N) is 2. The SMILES string of the molecule is CC(Cl)c1nc2cc(F)c(Cl)cc2n1Cc1ccsc1. The first-order valence-electron chi connectivity index (χ1n) is 6.06. The molecule has 0 N–H and O–H groups in total. The molecule has 1 atom stereocenters. The first-order valence-corrected chi connectivity index (χ1v) is 7.82. The molecule has 0 saturated carbocycles. The molecule has 1 aromatic carbocycles. The maximum Gasteiger partial charge on any atom is 0.144 e. The smallest absolute Gasteiger partial charge is 0.144 e. The second-order valence-electron chi connectivity index (χ2n) is 4.56. The van der Waals surface area contributed by atoms with E-state index in [0.717, 1.165) is 16.9 Å². The summed E-state index contributed by atoms with van der Waals surface area (Å²) >= 11 is 13.7. The molecule has 2 nitrogen and oxygen atoms in total. The van der Waals surface area contributed by atoms with Crippen LogP contribution in [0.3, 0.4) is 0 Å². The fraction of sp³-hybridized carbons (Fsp3) is 0.214. The van der Waals surface area contributed by atoms with Crippen molar-refractivity contribution in [3.05, 3.63) is 51.2 Å². The number of halogens is 3. The van der Waals surface area contributed by atoms with Crippen molar-refractivity contribution in [1.82, 2.24) is 9.55 Å². The van der Waals surface area contributed by atoms with Gasteiger partial charge in [-0.1, -0.05) is 11.6 Å². The van der Waals surface area contributed by atoms with Crippen LogP contribution >= 0.6 is 34.5 Å². The van der Waals surface area contributed by atoms with Crippen molar-refractivity contribution in [2.45, 2.75) is 18.8 Å². The van der Waals surface area contributed by atoms with Gasteiger partial charge in [0, 0.05) is 6.07 Å². The zero-order valence-corrected chi connectivity index (χ0v) is 12.9. The third kappa shape index (κ3) is 2.43. The van der Waals surface area contributed by atoms with Gasteiger partial charge in [-0.3, -0.25) is 0 Å². The summed E-state index contributed by atoms with van der Waals surface area (Å²) in [4.78, 5) is 4.43. The van der Waals surface area contributed by atoms with Crippen molar-refractivity contribution in [3.8, 4) is 0 Å². The molecule has 3 aromatic rings. The first-order chi connectivity index (χ1) is 9.56. The molecular weight excluding hydrogens is 318 g/mol. The monoisotopic (exact) mass is 328 g/mol. The predicted molar refractivity (Wildman–Crippen MR) is 82.4 cm³/mol. The Morgan fingerprint density at radius 1 is 1.45 bits per heavy atom. The Bertz CT molecular complexity index is 750. The van der Waals surface area contributed by atoms with Gasteiger partial charge in [0.2, 0.25) is 0 Å². The molecule has 20 heavy (non-hydrogen) atoms. The summed E-state index contributed by atoms with van der Waals surface area (Å²) in [5.74, 6) is 0.252. The van der Waals surface area contributed by atoms with E-state index in [9.17, 15) is 4.39 Å². The van der Waals surface area contributed by atoms with Gasteiger partial charge in [-0.2, -0.15) is 11.3 Å². The molecule has 6 heteroatoms. The molecule has 0 aliphatic carbocycles. The number of alkyl halides is 1. The molecule has 2 aromatic heterocycles. The van der Waals surface area contributed by atoms with Crippen molar-refractivity contribution < 1.29 is 4.39 Å². The van der Waals surface area contributed by atoms with Gasteiger partial charge in [-0.15, -0.1) is 11.6 Å². The molecule has 0 aliphatic heterocycles. The minimum Gasteiger partial charge on any atom is -0.322 e. The topological polar surface area (TPSA) is 17.8 Å². The molecular formula is C14H11Cl2FN2S. The van der Waals surface area contributed by atoms with Gasteiger partial charge in [0.1, 0.15) is 11.6 Å². The highest BCUT2D eigenvalue weighted by molar-refractivity contribution is 7.07. The van der Waals surface area contributed by atoms with Crippen LogP contribution in [0.2, 0.25) is 5.02 Å². The molecule has 0 bridgehead atoms. The summed E-state index contributed by atoms with van der Waals surface area (Å²) < 4.78 is 15.5. The number of hydrogen-bond acceptors (Lipinski definition) is 2. The molecule has 0 spiro atoms. The average Bonchev–Trinajstić information content (AvgIpc) is 3.00. The van der Waals surface area contributed by atoms with E-state index in [1.54, 1.807) is 17.4 Å². The second-order valence-corrected chi connectivity index (χ2v) is 6.40. The van der Waals surface area contributed by atoms with Crippen LogP contribution in [0.4, 0.5) is 4.39 Å². The van der Waals surface area contributed by atoms with Crippen LogP contribution in [-0.2, 0) is 6.54 Å². The molecule has 104 valence electrons. The molecule has 0 saturated heterocycles. The van der Waals surface area contributed by atoms with E-state index in [2.05, 4.69) is 10.4 Å². The molecule has 0 amide bonds. The summed E-state index contributed by atoms with van der Waals surface area (Å²) in [6.45, 7) is 2.50. The zero-order chi connectivity index (χ0) is 14.3. The number of hydrogen-bond donors (Lipinski definition) is 0. The van der Waals surface area contributed by atoms with Crippen LogP contribution in [-0.4, -0.2) is 9.55 Å². The fourth-order valence-corrected chi connectivity index (χ4v) is 3.16. The van der Waals surface area contributed by atoms with Crippen molar-refractivity contribution in [2.24, 2.45) is 0 Å². The minimum atomic E-state index is -0.465. The van der Waals surface area contributed by atoms with Crippen LogP contribution in [0.5, 0.6) is 0 Å². The van der Waals surface area contributed by atoms with Gasteiger partial charge >= 0.3 is 0 Å². The third-order valence-electron chi connectivity index (χ3n) is 3.10. The van der Waals surface area contributed by atoms with Gasteiger partial charge in [0.15, 0.2) is 0 Å². The summed E-state index contributed by atoms with van der Waals surface area (Å²) in [5, 5.41) is 3.92. The Hall–Kier alpha value is -1.10. The van der Waals surface area contributed by atoms with Gasteiger partial charge in [-0.05, 0) is 35.4 Å². The van der Waals surface area contributed by atoms with Gasteiger partial charge in [0.05, 0.1) is 28.0 Å². The first kappa shape index (κ1) is 13.9. The lowest BCUT2D eigenvalue weighted by molar-refractivity contribution is 0.629. The molecule has 2 heterocycles. The van der Waals surface area contributed by atoms with E-state index in [1.807, 2.05) is 22.9 Å². The number of benzene rings is 1. The molecule has 3 rings (SSSR count). The third-order valence-corrected chi connectivity index (χ3v) is 4.31. The Kier molecular flexibility index (Phi) is 3.71. The molecule has 0 aliphatic rings. The van der Waals surface area contributed by atoms with Crippen molar-refractivity contribution in [1.29, 1.82) is 0 Å². The minimum absolute atomic E-state index is 0.0951. The van der Waals surface area contributed by atoms with Crippen LogP contribution in [0, 0.1) is 5.82 Å². The summed E-state index contributed by atoms with van der Waals surface area (Å²) in [7, 11) is 0. The Labute approximate surface area is 129 Å². The van der Waals surface area contributed by atoms with E-state index in [-0.39, 0.29) is 10.4 Å². The molecule has 1 unspecified atom stereocenters. The lowest BCUT2D eigenvalue weighted by Crippen LogP contribution is -2.05. The maximum atomic E-state index is 13.6. The standard InChI is InChI=1S/C14H11Cl2FN2S/c1-8(15)14-18-12-5-11(17)10(16)4-13(12)19(14)6-9-2-3-20-7-9/h2-5,7-8H,6H2,1H3. The highest BCUT2D eigenvalue weighted by Crippen LogP contribution is 2.29. The lowest BCUT2D eigenvalue weighted by atomic mass is 10.3. The fourth-order valence-electron chi connectivity index (χ4n) is 2.17. The largest absolute Gasteiger partial charge is 0.322 e. The quantitative estimate of drug-likeness (QED) is 0.601. The Morgan fingerprint density at radius 2 is 2.25 bits per heavy atom. The van der Waals surface area contributed by atoms with Gasteiger partial charge in [-0.25, -0.2) is 9.37 Å². The van der Waals surface area contributed by atoms with Gasteiger partial charge < -0.3 is 4.57 Å². The maximum absolute atomic E-state index is 13.6. The second kappa shape index (κ2) is 5.35. The van der Waals surface area contributed by atoms with E-state index < -0.39 is 5.82 Å². The summed E-state index contributed by atoms with van der Waals surface area (Å²) in [5.41, 5.74) is 2.53. The van der Waals surface area contributed by atoms with Crippen LogP contribution in [0.1, 0.15) is 23.7 Å². The van der Waals surface area contributed by atoms with Crippen molar-refractivity contribution >= 4 is 45.6 Å². The Balaban J connectivity index is 2.20. The Morgan fingerprint density at radius 3 is 2.90 bits per heavy atom. The number of aromatic nitrogens is 2. The molecule has 0 radical (unpaired) electrons. The normalized spacial score (nSPS) is 13.0. The number of thiophene rings is 1. The number of rotatable bonds is 3. The zero-order valence-electron chi connectivity index (χ0n) is 10.6. The van der Waals surface area contributed by atoms with E-state index in [4.69, 9.17) is 23.2 Å². The highest BCUT2D eigenvalue weighted by atomic mass is 35.5. The lowest BCUT2D eigenvalue weighted by Gasteiger charge is -2.09. The predicted octanol–water partition coefficient (Wildman–Crippen LogP) is 5.24. The highest BCUT2D eigenvalue weighted by Gasteiger charge is 2.17. The van der Waals surface area contributed by atoms with Crippen molar-refractivity contribution in [3.63, 3.8) is 0 Å². The van der Waals surface area contributed by atoms with Crippen LogP contribution in [0.15, 0.2) is 29.0 Å². The molecule has 0 fully saturated rings.